The molecule has 7 heteroatoms. The number of cyclic esters (lactones) is 1. The first-order valence-electron chi connectivity index (χ1n) is 12.8. The molecule has 0 aromatic heterocycles. The van der Waals surface area contributed by atoms with E-state index in [2.05, 4.69) is 5.32 Å². The number of rotatable bonds is 7. The zero-order valence-electron chi connectivity index (χ0n) is 20.7. The SMILES string of the molecule is O=C(Cc1ccccc1)Nc1cccc(C2OC(=O)N(Cc3ccccc3)C2C(=O)N2CCCCC2)c1. The second kappa shape index (κ2) is 11.3. The van der Waals surface area contributed by atoms with E-state index in [1.807, 2.05) is 77.7 Å². The van der Waals surface area contributed by atoms with E-state index in [4.69, 9.17) is 4.74 Å². The van der Waals surface area contributed by atoms with Crippen LogP contribution in [0.3, 0.4) is 0 Å². The lowest BCUT2D eigenvalue weighted by Gasteiger charge is -2.33. The summed E-state index contributed by atoms with van der Waals surface area (Å²) in [5.41, 5.74) is 3.13. The first kappa shape index (κ1) is 24.6. The Morgan fingerprint density at radius 2 is 1.51 bits per heavy atom. The molecule has 1 N–H and O–H groups in total. The van der Waals surface area contributed by atoms with Gasteiger partial charge in [0.1, 0.15) is 0 Å². The highest BCUT2D eigenvalue weighted by molar-refractivity contribution is 5.92. The molecule has 0 aliphatic carbocycles. The van der Waals surface area contributed by atoms with E-state index in [1.165, 1.54) is 4.90 Å². The quantitative estimate of drug-likeness (QED) is 0.501. The summed E-state index contributed by atoms with van der Waals surface area (Å²) < 4.78 is 5.84. The van der Waals surface area contributed by atoms with Crippen LogP contribution in [0.25, 0.3) is 0 Å². The summed E-state index contributed by atoms with van der Waals surface area (Å²) in [6, 6.07) is 25.6. The number of hydrogen-bond acceptors (Lipinski definition) is 4. The lowest BCUT2D eigenvalue weighted by Crippen LogP contribution is -2.49. The summed E-state index contributed by atoms with van der Waals surface area (Å²) in [6.07, 6.45) is 1.99. The van der Waals surface area contributed by atoms with Gasteiger partial charge in [-0.25, -0.2) is 4.79 Å². The van der Waals surface area contributed by atoms with E-state index in [-0.39, 0.29) is 24.8 Å². The van der Waals surface area contributed by atoms with Gasteiger partial charge in [-0.15, -0.1) is 0 Å². The van der Waals surface area contributed by atoms with Crippen molar-refractivity contribution in [3.05, 3.63) is 102 Å². The summed E-state index contributed by atoms with van der Waals surface area (Å²) in [7, 11) is 0. The molecule has 2 unspecified atom stereocenters. The van der Waals surface area contributed by atoms with Gasteiger partial charge < -0.3 is 15.0 Å². The van der Waals surface area contributed by atoms with Crippen LogP contribution in [0.2, 0.25) is 0 Å². The van der Waals surface area contributed by atoms with Crippen molar-refractivity contribution in [2.24, 2.45) is 0 Å². The number of nitrogens with one attached hydrogen (secondary N) is 1. The molecule has 0 radical (unpaired) electrons. The number of benzene rings is 3. The van der Waals surface area contributed by atoms with Crippen LogP contribution in [0, 0.1) is 0 Å². The van der Waals surface area contributed by atoms with Gasteiger partial charge in [-0.3, -0.25) is 14.5 Å². The molecular weight excluding hydrogens is 466 g/mol. The first-order chi connectivity index (χ1) is 18.1. The molecule has 2 saturated heterocycles. The van der Waals surface area contributed by atoms with Gasteiger partial charge in [0, 0.05) is 18.8 Å². The molecule has 190 valence electrons. The maximum absolute atomic E-state index is 13.8. The van der Waals surface area contributed by atoms with Crippen molar-refractivity contribution in [2.75, 3.05) is 18.4 Å². The van der Waals surface area contributed by atoms with E-state index in [0.717, 1.165) is 30.4 Å². The Kier molecular flexibility index (Phi) is 7.49. The van der Waals surface area contributed by atoms with E-state index in [9.17, 15) is 14.4 Å². The van der Waals surface area contributed by atoms with Crippen molar-refractivity contribution in [3.8, 4) is 0 Å². The topological polar surface area (TPSA) is 79.0 Å². The van der Waals surface area contributed by atoms with E-state index in [1.54, 1.807) is 12.1 Å². The van der Waals surface area contributed by atoms with Gasteiger partial charge in [0.2, 0.25) is 11.8 Å². The largest absolute Gasteiger partial charge is 0.438 e. The highest BCUT2D eigenvalue weighted by Gasteiger charge is 2.48. The molecule has 3 aromatic carbocycles. The standard InChI is InChI=1S/C30H31N3O4/c34-26(19-22-11-4-1-5-12-22)31-25-16-10-15-24(20-25)28-27(29(35)32-17-8-3-9-18-32)33(30(36)37-28)21-23-13-6-2-7-14-23/h1-2,4-7,10-16,20,27-28H,3,8-9,17-19,21H2,(H,31,34). The molecule has 7 nitrogen and oxygen atoms in total. The predicted octanol–water partition coefficient (Wildman–Crippen LogP) is 4.94. The Balaban J connectivity index is 1.39. The van der Waals surface area contributed by atoms with Gasteiger partial charge in [-0.2, -0.15) is 0 Å². The molecule has 2 atom stereocenters. The minimum absolute atomic E-state index is 0.0926. The summed E-state index contributed by atoms with van der Waals surface area (Å²) in [5, 5.41) is 2.94. The molecule has 37 heavy (non-hydrogen) atoms. The number of carbonyl (C=O) groups excluding carboxylic acids is 3. The van der Waals surface area contributed by atoms with Crippen molar-refractivity contribution in [3.63, 3.8) is 0 Å². The number of anilines is 1. The van der Waals surface area contributed by atoms with E-state index >= 15 is 0 Å². The summed E-state index contributed by atoms with van der Waals surface area (Å²) in [6.45, 7) is 1.66. The molecule has 0 spiro atoms. The molecule has 0 saturated carbocycles. The molecule has 2 aliphatic heterocycles. The Bertz CT molecular complexity index is 1240. The minimum Gasteiger partial charge on any atom is -0.438 e. The fourth-order valence-electron chi connectivity index (χ4n) is 5.06. The Labute approximate surface area is 217 Å². The van der Waals surface area contributed by atoms with Gasteiger partial charge in [0.05, 0.1) is 13.0 Å². The Hall–Kier alpha value is -4.13. The number of hydrogen-bond donors (Lipinski definition) is 1. The average molecular weight is 498 g/mol. The Morgan fingerprint density at radius 3 is 2.22 bits per heavy atom. The smallest absolute Gasteiger partial charge is 0.411 e. The zero-order chi connectivity index (χ0) is 25.6. The molecule has 3 amide bonds. The number of carbonyl (C=O) groups is 3. The third kappa shape index (κ3) is 5.82. The van der Waals surface area contributed by atoms with Gasteiger partial charge in [-0.05, 0) is 48.1 Å². The third-order valence-electron chi connectivity index (χ3n) is 6.91. The van der Waals surface area contributed by atoms with Gasteiger partial charge in [0.25, 0.3) is 0 Å². The van der Waals surface area contributed by atoms with Crippen LogP contribution >= 0.6 is 0 Å². The van der Waals surface area contributed by atoms with Crippen molar-refractivity contribution >= 4 is 23.6 Å². The van der Waals surface area contributed by atoms with Gasteiger partial charge in [0.15, 0.2) is 12.1 Å². The number of piperidine rings is 1. The third-order valence-corrected chi connectivity index (χ3v) is 6.91. The van der Waals surface area contributed by atoms with Crippen LogP contribution in [0.1, 0.15) is 42.1 Å². The van der Waals surface area contributed by atoms with Gasteiger partial charge in [-0.1, -0.05) is 72.8 Å². The van der Waals surface area contributed by atoms with Crippen molar-refractivity contribution in [1.82, 2.24) is 9.80 Å². The normalized spacial score (nSPS) is 19.4. The predicted molar refractivity (Wildman–Crippen MR) is 141 cm³/mol. The highest BCUT2D eigenvalue weighted by atomic mass is 16.6. The number of ether oxygens (including phenoxy) is 1. The second-order valence-corrected chi connectivity index (χ2v) is 9.58. The van der Waals surface area contributed by atoms with Gasteiger partial charge >= 0.3 is 6.09 Å². The molecule has 2 heterocycles. The van der Waals surface area contributed by atoms with Crippen molar-refractivity contribution < 1.29 is 19.1 Å². The average Bonchev–Trinajstić information content (AvgIpc) is 3.25. The zero-order valence-corrected chi connectivity index (χ0v) is 20.7. The number of nitrogens with zero attached hydrogens (tertiary/aromatic N) is 2. The Morgan fingerprint density at radius 1 is 0.838 bits per heavy atom. The van der Waals surface area contributed by atoms with Crippen molar-refractivity contribution in [1.29, 1.82) is 0 Å². The lowest BCUT2D eigenvalue weighted by molar-refractivity contribution is -0.137. The lowest BCUT2D eigenvalue weighted by atomic mass is 9.98. The molecule has 0 bridgehead atoms. The van der Waals surface area contributed by atoms with Crippen LogP contribution in [0.15, 0.2) is 84.9 Å². The minimum atomic E-state index is -0.777. The second-order valence-electron chi connectivity index (χ2n) is 9.58. The van der Waals surface area contributed by atoms with E-state index in [0.29, 0.717) is 24.3 Å². The van der Waals surface area contributed by atoms with E-state index < -0.39 is 18.2 Å². The number of likely N-dealkylation sites (tertiary alicyclic amines) is 1. The summed E-state index contributed by atoms with van der Waals surface area (Å²) in [4.78, 5) is 42.9. The fourth-order valence-corrected chi connectivity index (χ4v) is 5.06. The molecule has 5 rings (SSSR count). The van der Waals surface area contributed by atoms with Crippen LogP contribution in [0.4, 0.5) is 10.5 Å². The first-order valence-corrected chi connectivity index (χ1v) is 12.8. The highest BCUT2D eigenvalue weighted by Crippen LogP contribution is 2.36. The summed E-state index contributed by atoms with van der Waals surface area (Å²) in [5.74, 6) is -0.233. The molecule has 2 aliphatic rings. The maximum atomic E-state index is 13.8. The fraction of sp³-hybridized carbons (Fsp3) is 0.300. The monoisotopic (exact) mass is 497 g/mol. The molecular formula is C30H31N3O4. The summed E-state index contributed by atoms with van der Waals surface area (Å²) >= 11 is 0. The van der Waals surface area contributed by atoms with Crippen LogP contribution in [-0.2, 0) is 27.3 Å². The molecule has 3 aromatic rings. The van der Waals surface area contributed by atoms with Crippen LogP contribution in [-0.4, -0.2) is 46.8 Å². The van der Waals surface area contributed by atoms with Crippen LogP contribution < -0.4 is 5.32 Å². The maximum Gasteiger partial charge on any atom is 0.411 e. The van der Waals surface area contributed by atoms with Crippen LogP contribution in [0.5, 0.6) is 0 Å². The van der Waals surface area contributed by atoms with Crippen molar-refractivity contribution in [2.45, 2.75) is 44.4 Å². The molecule has 2 fully saturated rings. The number of amides is 3.